The molecule has 2 aromatic carbocycles. The normalized spacial score (nSPS) is 18.1. The van der Waals surface area contributed by atoms with Gasteiger partial charge in [-0.2, -0.15) is 0 Å². The maximum atomic E-state index is 13.1. The number of halogens is 2. The van der Waals surface area contributed by atoms with E-state index >= 15 is 0 Å². The zero-order valence-electron chi connectivity index (χ0n) is 15.4. The third-order valence-corrected chi connectivity index (χ3v) is 5.13. The number of carbonyl (C=O) groups is 1. The lowest BCUT2D eigenvalue weighted by atomic mass is 10.1. The van der Waals surface area contributed by atoms with Crippen molar-refractivity contribution >= 4 is 23.2 Å². The Morgan fingerprint density at radius 1 is 1.30 bits per heavy atom. The molecule has 1 N–H and O–H groups in total. The van der Waals surface area contributed by atoms with Crippen LogP contribution in [0, 0.1) is 12.7 Å². The number of carbonyl (C=O) groups excluding carboxylic acids is 1. The smallest absolute Gasteiger partial charge is 0.238 e. The zero-order chi connectivity index (χ0) is 19.2. The molecule has 0 aromatic heterocycles. The van der Waals surface area contributed by atoms with Gasteiger partial charge in [0.2, 0.25) is 5.91 Å². The van der Waals surface area contributed by atoms with E-state index in [9.17, 15) is 9.18 Å². The van der Waals surface area contributed by atoms with Gasteiger partial charge in [0.1, 0.15) is 5.82 Å². The van der Waals surface area contributed by atoms with Crippen molar-refractivity contribution < 1.29 is 13.9 Å². The molecule has 0 aliphatic carbocycles. The second-order valence-corrected chi connectivity index (χ2v) is 7.28. The van der Waals surface area contributed by atoms with Crippen LogP contribution in [0.1, 0.15) is 17.5 Å². The fourth-order valence-electron chi connectivity index (χ4n) is 3.26. The fraction of sp³-hybridized carbons (Fsp3) is 0.381. The van der Waals surface area contributed by atoms with Crippen molar-refractivity contribution in [2.75, 3.05) is 31.6 Å². The number of nitrogens with one attached hydrogen (secondary N) is 1. The van der Waals surface area contributed by atoms with Gasteiger partial charge in [-0.15, -0.1) is 0 Å². The van der Waals surface area contributed by atoms with Gasteiger partial charge in [-0.05, 0) is 55.2 Å². The first-order valence-electron chi connectivity index (χ1n) is 9.14. The summed E-state index contributed by atoms with van der Waals surface area (Å²) in [5, 5.41) is 3.58. The van der Waals surface area contributed by atoms with Gasteiger partial charge in [0.25, 0.3) is 0 Å². The van der Waals surface area contributed by atoms with Crippen LogP contribution in [-0.4, -0.2) is 43.2 Å². The van der Waals surface area contributed by atoms with Gasteiger partial charge in [0.05, 0.1) is 12.6 Å². The van der Waals surface area contributed by atoms with Crippen LogP contribution in [-0.2, 0) is 16.0 Å². The third kappa shape index (κ3) is 5.76. The van der Waals surface area contributed by atoms with Crippen molar-refractivity contribution in [3.05, 3.63) is 64.4 Å². The first-order valence-corrected chi connectivity index (χ1v) is 9.52. The van der Waals surface area contributed by atoms with Crippen molar-refractivity contribution in [1.82, 2.24) is 4.90 Å². The molecule has 1 atom stereocenters. The Hall–Kier alpha value is -1.95. The number of rotatable bonds is 5. The molecule has 1 aliphatic heterocycles. The van der Waals surface area contributed by atoms with Gasteiger partial charge < -0.3 is 10.1 Å². The highest BCUT2D eigenvalue weighted by atomic mass is 35.5. The predicted octanol–water partition coefficient (Wildman–Crippen LogP) is 4.06. The minimum absolute atomic E-state index is 0.0151. The van der Waals surface area contributed by atoms with E-state index in [2.05, 4.69) is 10.2 Å². The number of hydrogen-bond acceptors (Lipinski definition) is 3. The maximum absolute atomic E-state index is 13.1. The summed E-state index contributed by atoms with van der Waals surface area (Å²) in [6, 6.07) is 12.0. The molecule has 1 amide bonds. The van der Waals surface area contributed by atoms with Gasteiger partial charge in [-0.3, -0.25) is 9.69 Å². The molecule has 2 aromatic rings. The lowest BCUT2D eigenvalue weighted by molar-refractivity contribution is -0.117. The summed E-state index contributed by atoms with van der Waals surface area (Å²) in [6.45, 7) is 4.32. The van der Waals surface area contributed by atoms with E-state index in [4.69, 9.17) is 16.3 Å². The first-order chi connectivity index (χ1) is 13.0. The van der Waals surface area contributed by atoms with Gasteiger partial charge in [0, 0.05) is 30.4 Å². The molecule has 27 heavy (non-hydrogen) atoms. The van der Waals surface area contributed by atoms with Crippen molar-refractivity contribution in [3.8, 4) is 0 Å². The zero-order valence-corrected chi connectivity index (χ0v) is 16.1. The molecule has 1 unspecified atom stereocenters. The van der Waals surface area contributed by atoms with Crippen LogP contribution in [0.2, 0.25) is 5.02 Å². The van der Waals surface area contributed by atoms with Crippen molar-refractivity contribution in [3.63, 3.8) is 0 Å². The molecule has 144 valence electrons. The molecule has 0 saturated carbocycles. The Morgan fingerprint density at radius 2 is 2.07 bits per heavy atom. The molecule has 1 aliphatic rings. The molecule has 6 heteroatoms. The monoisotopic (exact) mass is 390 g/mol. The van der Waals surface area contributed by atoms with Crippen LogP contribution in [0.15, 0.2) is 42.5 Å². The van der Waals surface area contributed by atoms with Gasteiger partial charge in [-0.25, -0.2) is 4.39 Å². The molecule has 0 bridgehead atoms. The lowest BCUT2D eigenvalue weighted by Gasteiger charge is -2.23. The molecule has 0 spiro atoms. The lowest BCUT2D eigenvalue weighted by Crippen LogP contribution is -2.38. The average Bonchev–Trinajstić information content (AvgIpc) is 2.86. The van der Waals surface area contributed by atoms with Crippen LogP contribution >= 0.6 is 11.6 Å². The molecule has 1 saturated heterocycles. The average molecular weight is 391 g/mol. The largest absolute Gasteiger partial charge is 0.376 e. The third-order valence-electron chi connectivity index (χ3n) is 4.72. The van der Waals surface area contributed by atoms with Crippen LogP contribution < -0.4 is 5.32 Å². The summed E-state index contributed by atoms with van der Waals surface area (Å²) >= 11 is 6.11. The van der Waals surface area contributed by atoms with Crippen LogP contribution in [0.5, 0.6) is 0 Å². The molecular formula is C21H24ClFN2O2. The number of amides is 1. The van der Waals surface area contributed by atoms with Crippen molar-refractivity contribution in [2.24, 2.45) is 0 Å². The quantitative estimate of drug-likeness (QED) is 0.837. The van der Waals surface area contributed by atoms with E-state index in [1.807, 2.05) is 19.1 Å². The second-order valence-electron chi connectivity index (χ2n) is 6.87. The van der Waals surface area contributed by atoms with E-state index in [-0.39, 0.29) is 17.8 Å². The van der Waals surface area contributed by atoms with E-state index in [0.717, 1.165) is 29.8 Å². The van der Waals surface area contributed by atoms with E-state index < -0.39 is 0 Å². The summed E-state index contributed by atoms with van der Waals surface area (Å²) in [6.07, 6.45) is 1.56. The molecule has 1 heterocycles. The fourth-order valence-corrected chi connectivity index (χ4v) is 3.43. The minimum atomic E-state index is -0.241. The highest BCUT2D eigenvalue weighted by Crippen LogP contribution is 2.23. The predicted molar refractivity (Wildman–Crippen MR) is 106 cm³/mol. The minimum Gasteiger partial charge on any atom is -0.376 e. The van der Waals surface area contributed by atoms with Crippen molar-refractivity contribution in [1.29, 1.82) is 0 Å². The Labute approximate surface area is 164 Å². The molecule has 0 radical (unpaired) electrons. The summed E-state index contributed by atoms with van der Waals surface area (Å²) in [7, 11) is 0. The van der Waals surface area contributed by atoms with E-state index in [1.54, 1.807) is 18.2 Å². The molecule has 4 nitrogen and oxygen atoms in total. The molecule has 1 fully saturated rings. The first kappa shape index (κ1) is 19.8. The van der Waals surface area contributed by atoms with Gasteiger partial charge >= 0.3 is 0 Å². The Kier molecular flexibility index (Phi) is 6.83. The molecular weight excluding hydrogens is 367 g/mol. The summed E-state index contributed by atoms with van der Waals surface area (Å²) in [4.78, 5) is 14.6. The highest BCUT2D eigenvalue weighted by molar-refractivity contribution is 6.31. The van der Waals surface area contributed by atoms with Gasteiger partial charge in [-0.1, -0.05) is 29.8 Å². The summed E-state index contributed by atoms with van der Waals surface area (Å²) in [5.74, 6) is -0.307. The number of hydrogen-bond donors (Lipinski definition) is 1. The number of ether oxygens (including phenoxy) is 1. The van der Waals surface area contributed by atoms with Crippen molar-refractivity contribution in [2.45, 2.75) is 25.9 Å². The van der Waals surface area contributed by atoms with Crippen LogP contribution in [0.25, 0.3) is 0 Å². The van der Waals surface area contributed by atoms with Gasteiger partial charge in [0.15, 0.2) is 0 Å². The maximum Gasteiger partial charge on any atom is 0.238 e. The number of benzene rings is 2. The second kappa shape index (κ2) is 9.31. The molecule has 3 rings (SSSR count). The SMILES string of the molecule is Cc1c(Cl)cccc1NC(=O)CN1CCCOC(Cc2ccc(F)cc2)C1. The summed E-state index contributed by atoms with van der Waals surface area (Å²) in [5.41, 5.74) is 2.63. The van der Waals surface area contributed by atoms with Crippen LogP contribution in [0.3, 0.4) is 0 Å². The highest BCUT2D eigenvalue weighted by Gasteiger charge is 2.21. The Balaban J connectivity index is 1.57. The Bertz CT molecular complexity index is 782. The number of nitrogens with zero attached hydrogens (tertiary/aromatic N) is 1. The Morgan fingerprint density at radius 3 is 2.85 bits per heavy atom. The van der Waals surface area contributed by atoms with Crippen LogP contribution in [0.4, 0.5) is 10.1 Å². The standard InChI is InChI=1S/C21H24ClFN2O2/c1-15-19(22)4-2-5-20(15)24-21(26)14-25-10-3-11-27-18(13-25)12-16-6-8-17(23)9-7-16/h2,4-9,18H,3,10-14H2,1H3,(H,24,26). The number of anilines is 1. The van der Waals surface area contributed by atoms with E-state index in [1.165, 1.54) is 12.1 Å². The van der Waals surface area contributed by atoms with E-state index in [0.29, 0.717) is 31.1 Å². The summed E-state index contributed by atoms with van der Waals surface area (Å²) < 4.78 is 19.0. The topological polar surface area (TPSA) is 41.6 Å².